The number of amides is 1. The number of sulfonamides is 1. The summed E-state index contributed by atoms with van der Waals surface area (Å²) in [5.74, 6) is 0.501. The van der Waals surface area contributed by atoms with Gasteiger partial charge in [-0.05, 0) is 37.1 Å². The zero-order valence-corrected chi connectivity index (χ0v) is 18.0. The van der Waals surface area contributed by atoms with Gasteiger partial charge < -0.3 is 19.7 Å². The monoisotopic (exact) mass is 433 g/mol. The molecule has 0 unspecified atom stereocenters. The Balaban J connectivity index is 1.58. The Morgan fingerprint density at radius 3 is 2.43 bits per heavy atom. The Labute approximate surface area is 177 Å². The SMILES string of the molecule is COc1ccc(S(=O)(=O)NCCC(=O)Nc2ccccc2N2CCCC2)cc1OC. The minimum Gasteiger partial charge on any atom is -0.493 e. The minimum absolute atomic E-state index is 0.0147. The highest BCUT2D eigenvalue weighted by atomic mass is 32.2. The Bertz CT molecular complexity index is 988. The van der Waals surface area contributed by atoms with Crippen molar-refractivity contribution in [1.82, 2.24) is 4.72 Å². The molecule has 1 aliphatic rings. The molecule has 0 aliphatic carbocycles. The van der Waals surface area contributed by atoms with Crippen LogP contribution in [0.2, 0.25) is 0 Å². The van der Waals surface area contributed by atoms with E-state index in [2.05, 4.69) is 14.9 Å². The molecule has 1 fully saturated rings. The number of hydrogen-bond acceptors (Lipinski definition) is 6. The van der Waals surface area contributed by atoms with Gasteiger partial charge in [0.25, 0.3) is 0 Å². The molecule has 0 atom stereocenters. The van der Waals surface area contributed by atoms with Gasteiger partial charge in [0.1, 0.15) is 0 Å². The van der Waals surface area contributed by atoms with Crippen LogP contribution in [0.15, 0.2) is 47.4 Å². The summed E-state index contributed by atoms with van der Waals surface area (Å²) in [5.41, 5.74) is 1.74. The number of ether oxygens (including phenoxy) is 2. The predicted molar refractivity (Wildman–Crippen MR) is 116 cm³/mol. The first kappa shape index (κ1) is 21.9. The maximum atomic E-state index is 12.5. The Morgan fingerprint density at radius 1 is 1.03 bits per heavy atom. The predicted octanol–water partition coefficient (Wildman–Crippen LogP) is 2.61. The molecule has 1 amide bonds. The van der Waals surface area contributed by atoms with Gasteiger partial charge in [0.05, 0.1) is 30.5 Å². The molecule has 2 aromatic carbocycles. The van der Waals surface area contributed by atoms with Crippen LogP contribution in [-0.4, -0.2) is 48.2 Å². The Kier molecular flexibility index (Phi) is 7.17. The maximum Gasteiger partial charge on any atom is 0.240 e. The fraction of sp³-hybridized carbons (Fsp3) is 0.381. The molecule has 0 bridgehead atoms. The maximum absolute atomic E-state index is 12.5. The van der Waals surface area contributed by atoms with E-state index in [1.54, 1.807) is 0 Å². The van der Waals surface area contributed by atoms with Gasteiger partial charge in [-0.25, -0.2) is 13.1 Å². The highest BCUT2D eigenvalue weighted by Crippen LogP contribution is 2.30. The standard InChI is InChI=1S/C21H27N3O5S/c1-28-19-10-9-16(15-20(19)29-2)30(26,27)22-12-11-21(25)23-17-7-3-4-8-18(17)24-13-5-6-14-24/h3-4,7-10,15,22H,5-6,11-14H2,1-2H3,(H,23,25). The van der Waals surface area contributed by atoms with Gasteiger partial charge in [0, 0.05) is 32.1 Å². The summed E-state index contributed by atoms with van der Waals surface area (Å²) in [4.78, 5) is 14.7. The third-order valence-corrected chi connectivity index (χ3v) is 6.39. The lowest BCUT2D eigenvalue weighted by Gasteiger charge is -2.21. The largest absolute Gasteiger partial charge is 0.493 e. The van der Waals surface area contributed by atoms with Crippen molar-refractivity contribution in [3.63, 3.8) is 0 Å². The number of para-hydroxylation sites is 2. The molecule has 162 valence electrons. The average molecular weight is 434 g/mol. The van der Waals surface area contributed by atoms with Crippen LogP contribution in [0.4, 0.5) is 11.4 Å². The molecule has 30 heavy (non-hydrogen) atoms. The van der Waals surface area contributed by atoms with Gasteiger partial charge >= 0.3 is 0 Å². The third kappa shape index (κ3) is 5.22. The number of benzene rings is 2. The third-order valence-electron chi connectivity index (χ3n) is 4.93. The number of rotatable bonds is 9. The first-order valence-electron chi connectivity index (χ1n) is 9.80. The summed E-state index contributed by atoms with van der Waals surface area (Å²) in [7, 11) is -0.868. The van der Waals surface area contributed by atoms with Gasteiger partial charge in [0.2, 0.25) is 15.9 Å². The fourth-order valence-corrected chi connectivity index (χ4v) is 4.44. The summed E-state index contributed by atoms with van der Waals surface area (Å²) in [5, 5.41) is 2.89. The van der Waals surface area contributed by atoms with E-state index in [-0.39, 0.29) is 23.8 Å². The fourth-order valence-electron chi connectivity index (χ4n) is 3.39. The van der Waals surface area contributed by atoms with Crippen molar-refractivity contribution >= 4 is 27.3 Å². The van der Waals surface area contributed by atoms with Gasteiger partial charge in [0.15, 0.2) is 11.5 Å². The van der Waals surface area contributed by atoms with Crippen molar-refractivity contribution in [2.75, 3.05) is 44.1 Å². The molecular weight excluding hydrogens is 406 g/mol. The molecule has 9 heteroatoms. The summed E-state index contributed by atoms with van der Waals surface area (Å²) in [6, 6.07) is 12.0. The normalized spacial score (nSPS) is 13.9. The number of nitrogens with one attached hydrogen (secondary N) is 2. The van der Waals surface area contributed by atoms with Gasteiger partial charge in [-0.1, -0.05) is 12.1 Å². The first-order valence-corrected chi connectivity index (χ1v) is 11.3. The van der Waals surface area contributed by atoms with E-state index in [0.29, 0.717) is 11.5 Å². The van der Waals surface area contributed by atoms with Crippen LogP contribution in [0.3, 0.4) is 0 Å². The van der Waals surface area contributed by atoms with Crippen LogP contribution in [0.25, 0.3) is 0 Å². The Hall–Kier alpha value is -2.78. The zero-order chi connectivity index (χ0) is 21.6. The first-order chi connectivity index (χ1) is 14.4. The summed E-state index contributed by atoms with van der Waals surface area (Å²) < 4.78 is 37.8. The highest BCUT2D eigenvalue weighted by molar-refractivity contribution is 7.89. The van der Waals surface area contributed by atoms with E-state index >= 15 is 0 Å². The van der Waals surface area contributed by atoms with Crippen LogP contribution in [0.5, 0.6) is 11.5 Å². The number of nitrogens with zero attached hydrogens (tertiary/aromatic N) is 1. The highest BCUT2D eigenvalue weighted by Gasteiger charge is 2.19. The van der Waals surface area contributed by atoms with Gasteiger partial charge in [-0.2, -0.15) is 0 Å². The van der Waals surface area contributed by atoms with Gasteiger partial charge in [-0.3, -0.25) is 4.79 Å². The number of methoxy groups -OCH3 is 2. The van der Waals surface area contributed by atoms with Crippen molar-refractivity contribution in [1.29, 1.82) is 0 Å². The molecule has 0 saturated carbocycles. The lowest BCUT2D eigenvalue weighted by Crippen LogP contribution is -2.28. The molecule has 2 aromatic rings. The van der Waals surface area contributed by atoms with E-state index in [1.807, 2.05) is 24.3 Å². The molecule has 1 saturated heterocycles. The summed E-state index contributed by atoms with van der Waals surface area (Å²) in [6.45, 7) is 1.92. The molecular formula is C21H27N3O5S. The van der Waals surface area contributed by atoms with Crippen LogP contribution >= 0.6 is 0 Å². The number of anilines is 2. The number of carbonyl (C=O) groups is 1. The van der Waals surface area contributed by atoms with E-state index in [4.69, 9.17) is 9.47 Å². The topological polar surface area (TPSA) is 97.0 Å². The Morgan fingerprint density at radius 2 is 1.73 bits per heavy atom. The zero-order valence-electron chi connectivity index (χ0n) is 17.2. The average Bonchev–Trinajstić information content (AvgIpc) is 3.28. The van der Waals surface area contributed by atoms with Crippen molar-refractivity contribution in [3.05, 3.63) is 42.5 Å². The lowest BCUT2D eigenvalue weighted by molar-refractivity contribution is -0.116. The number of carbonyl (C=O) groups excluding carboxylic acids is 1. The molecule has 3 rings (SSSR count). The van der Waals surface area contributed by atoms with Crippen molar-refractivity contribution in [2.24, 2.45) is 0 Å². The smallest absolute Gasteiger partial charge is 0.240 e. The van der Waals surface area contributed by atoms with E-state index in [9.17, 15) is 13.2 Å². The van der Waals surface area contributed by atoms with Crippen LogP contribution < -0.4 is 24.4 Å². The van der Waals surface area contributed by atoms with Crippen molar-refractivity contribution in [3.8, 4) is 11.5 Å². The molecule has 0 aromatic heterocycles. The summed E-state index contributed by atoms with van der Waals surface area (Å²) >= 11 is 0. The molecule has 8 nitrogen and oxygen atoms in total. The second kappa shape index (κ2) is 9.82. The van der Waals surface area contributed by atoms with Crippen LogP contribution in [-0.2, 0) is 14.8 Å². The molecule has 0 spiro atoms. The minimum atomic E-state index is -3.78. The summed E-state index contributed by atoms with van der Waals surface area (Å²) in [6.07, 6.45) is 2.29. The van der Waals surface area contributed by atoms with E-state index in [0.717, 1.165) is 37.3 Å². The van der Waals surface area contributed by atoms with Crippen molar-refractivity contribution in [2.45, 2.75) is 24.2 Å². The van der Waals surface area contributed by atoms with E-state index < -0.39 is 10.0 Å². The molecule has 0 radical (unpaired) electrons. The molecule has 1 aliphatic heterocycles. The molecule has 1 heterocycles. The van der Waals surface area contributed by atoms with Gasteiger partial charge in [-0.15, -0.1) is 0 Å². The van der Waals surface area contributed by atoms with Crippen molar-refractivity contribution < 1.29 is 22.7 Å². The number of hydrogen-bond donors (Lipinski definition) is 2. The second-order valence-corrected chi connectivity index (χ2v) is 8.69. The van der Waals surface area contributed by atoms with Crippen LogP contribution in [0, 0.1) is 0 Å². The van der Waals surface area contributed by atoms with E-state index in [1.165, 1.54) is 32.4 Å². The van der Waals surface area contributed by atoms with Crippen LogP contribution in [0.1, 0.15) is 19.3 Å². The quantitative estimate of drug-likeness (QED) is 0.631. The molecule has 2 N–H and O–H groups in total. The lowest BCUT2D eigenvalue weighted by atomic mass is 10.2. The second-order valence-electron chi connectivity index (χ2n) is 6.92.